The van der Waals surface area contributed by atoms with Crippen LogP contribution in [-0.4, -0.2) is 88.3 Å². The fourth-order valence-electron chi connectivity index (χ4n) is 2.76. The van der Waals surface area contributed by atoms with Crippen LogP contribution < -0.4 is 33.2 Å². The number of aliphatic carboxylic acids is 2. The maximum atomic E-state index is 12.7. The molecule has 4 atom stereocenters. The van der Waals surface area contributed by atoms with Crippen LogP contribution in [0, 0.1) is 5.92 Å². The van der Waals surface area contributed by atoms with E-state index in [4.69, 9.17) is 22.3 Å². The van der Waals surface area contributed by atoms with Crippen molar-refractivity contribution in [3.63, 3.8) is 0 Å². The molecule has 0 heterocycles. The van der Waals surface area contributed by atoms with E-state index in [1.54, 1.807) is 13.8 Å². The molecule has 34 heavy (non-hydrogen) atoms. The largest absolute Gasteiger partial charge is 0.481 e. The molecule has 0 aromatic heterocycles. The first kappa shape index (κ1) is 30.5. The van der Waals surface area contributed by atoms with E-state index in [-0.39, 0.29) is 37.7 Å². The molecule has 0 bridgehead atoms. The Kier molecular flexibility index (Phi) is 13.8. The molecule has 15 nitrogen and oxygen atoms in total. The van der Waals surface area contributed by atoms with E-state index in [2.05, 4.69) is 20.9 Å². The summed E-state index contributed by atoms with van der Waals surface area (Å²) in [7, 11) is 0. The Hall–Kier alpha value is -3.46. The molecular formula is C19H35N7O8. The second kappa shape index (κ2) is 15.4. The number of hydrogen-bond donors (Lipinski definition) is 9. The number of carbonyl (C=O) groups is 5. The van der Waals surface area contributed by atoms with Gasteiger partial charge in [0.1, 0.15) is 18.1 Å². The summed E-state index contributed by atoms with van der Waals surface area (Å²) >= 11 is 0. The number of rotatable bonds is 16. The first-order valence-corrected chi connectivity index (χ1v) is 10.6. The zero-order chi connectivity index (χ0) is 26.4. The van der Waals surface area contributed by atoms with Gasteiger partial charge < -0.3 is 48.5 Å². The van der Waals surface area contributed by atoms with Gasteiger partial charge in [0.2, 0.25) is 17.7 Å². The summed E-state index contributed by atoms with van der Waals surface area (Å²) in [4.78, 5) is 63.2. The number of carboxylic acids is 2. The van der Waals surface area contributed by atoms with Gasteiger partial charge in [0.15, 0.2) is 5.96 Å². The topological polar surface area (TPSA) is 273 Å². The minimum atomic E-state index is -1.51. The first-order chi connectivity index (χ1) is 15.8. The molecule has 0 fully saturated rings. The van der Waals surface area contributed by atoms with Crippen molar-refractivity contribution in [2.45, 2.75) is 63.7 Å². The second-order valence-corrected chi connectivity index (χ2v) is 7.99. The molecule has 0 spiro atoms. The lowest BCUT2D eigenvalue weighted by Crippen LogP contribution is -2.58. The van der Waals surface area contributed by atoms with Crippen LogP contribution in [0.3, 0.4) is 0 Å². The molecule has 3 amide bonds. The maximum absolute atomic E-state index is 12.7. The molecule has 15 heteroatoms. The van der Waals surface area contributed by atoms with Crippen molar-refractivity contribution in [3.8, 4) is 0 Å². The predicted octanol–water partition coefficient (Wildman–Crippen LogP) is -3.58. The van der Waals surface area contributed by atoms with Crippen LogP contribution in [0.25, 0.3) is 0 Å². The SMILES string of the molecule is CC(C)CC(NC(=O)C(CO)NC(=O)C(N)CC(=O)O)C(=O)NC(CCCN=C(N)N)C(=O)O. The Morgan fingerprint density at radius 2 is 1.41 bits per heavy atom. The van der Waals surface area contributed by atoms with Crippen LogP contribution in [0.4, 0.5) is 0 Å². The molecule has 0 aromatic rings. The lowest BCUT2D eigenvalue weighted by molar-refractivity contribution is -0.142. The first-order valence-electron chi connectivity index (χ1n) is 10.6. The number of amides is 3. The molecule has 0 saturated heterocycles. The molecule has 0 aliphatic carbocycles. The Balaban J connectivity index is 5.25. The van der Waals surface area contributed by atoms with Crippen molar-refractivity contribution in [1.82, 2.24) is 16.0 Å². The van der Waals surface area contributed by atoms with Gasteiger partial charge in [-0.25, -0.2) is 4.79 Å². The highest BCUT2D eigenvalue weighted by Gasteiger charge is 2.30. The van der Waals surface area contributed by atoms with Gasteiger partial charge in [-0.2, -0.15) is 0 Å². The van der Waals surface area contributed by atoms with Crippen LogP contribution in [0.15, 0.2) is 4.99 Å². The van der Waals surface area contributed by atoms with Crippen LogP contribution in [-0.2, 0) is 24.0 Å². The van der Waals surface area contributed by atoms with Gasteiger partial charge in [0.05, 0.1) is 19.1 Å². The number of carboxylic acid groups (broad SMARTS) is 2. The highest BCUT2D eigenvalue weighted by molar-refractivity contribution is 5.94. The third-order valence-electron chi connectivity index (χ3n) is 4.45. The van der Waals surface area contributed by atoms with Crippen molar-refractivity contribution < 1.29 is 39.3 Å². The zero-order valence-corrected chi connectivity index (χ0v) is 19.2. The van der Waals surface area contributed by atoms with E-state index in [0.717, 1.165) is 0 Å². The average Bonchev–Trinajstić information content (AvgIpc) is 2.71. The Bertz CT molecular complexity index is 755. The van der Waals surface area contributed by atoms with Crippen LogP contribution in [0.5, 0.6) is 0 Å². The smallest absolute Gasteiger partial charge is 0.326 e. The van der Waals surface area contributed by atoms with E-state index in [1.807, 2.05) is 0 Å². The summed E-state index contributed by atoms with van der Waals surface area (Å²) in [6.07, 6.45) is -0.269. The fraction of sp³-hybridized carbons (Fsp3) is 0.684. The number of carbonyl (C=O) groups excluding carboxylic acids is 3. The highest BCUT2D eigenvalue weighted by atomic mass is 16.4. The number of nitrogens with two attached hydrogens (primary N) is 3. The maximum Gasteiger partial charge on any atom is 0.326 e. The Morgan fingerprint density at radius 1 is 0.882 bits per heavy atom. The quantitative estimate of drug-likeness (QED) is 0.0580. The van der Waals surface area contributed by atoms with Crippen LogP contribution >= 0.6 is 0 Å². The predicted molar refractivity (Wildman–Crippen MR) is 120 cm³/mol. The molecule has 4 unspecified atom stereocenters. The van der Waals surface area contributed by atoms with Crippen molar-refractivity contribution in [2.75, 3.05) is 13.2 Å². The van der Waals surface area contributed by atoms with E-state index in [0.29, 0.717) is 0 Å². The number of nitrogens with one attached hydrogen (secondary N) is 3. The van der Waals surface area contributed by atoms with E-state index in [9.17, 15) is 34.2 Å². The van der Waals surface area contributed by atoms with Crippen molar-refractivity contribution in [1.29, 1.82) is 0 Å². The van der Waals surface area contributed by atoms with Crippen molar-refractivity contribution >= 4 is 35.6 Å². The summed E-state index contributed by atoms with van der Waals surface area (Å²) < 4.78 is 0. The van der Waals surface area contributed by atoms with Gasteiger partial charge in [0, 0.05) is 6.54 Å². The van der Waals surface area contributed by atoms with E-state index >= 15 is 0 Å². The van der Waals surface area contributed by atoms with Gasteiger partial charge in [-0.1, -0.05) is 13.8 Å². The summed E-state index contributed by atoms with van der Waals surface area (Å²) in [5.74, 6) is -5.54. The minimum Gasteiger partial charge on any atom is -0.481 e. The second-order valence-electron chi connectivity index (χ2n) is 7.99. The summed E-state index contributed by atoms with van der Waals surface area (Å²) in [6, 6.07) is -5.41. The molecule has 194 valence electrons. The summed E-state index contributed by atoms with van der Waals surface area (Å²) in [5.41, 5.74) is 15.9. The van der Waals surface area contributed by atoms with Crippen molar-refractivity contribution in [3.05, 3.63) is 0 Å². The van der Waals surface area contributed by atoms with Gasteiger partial charge >= 0.3 is 11.9 Å². The molecule has 0 aliphatic rings. The number of aliphatic imine (C=N–C) groups is 1. The Morgan fingerprint density at radius 3 is 1.88 bits per heavy atom. The highest BCUT2D eigenvalue weighted by Crippen LogP contribution is 2.07. The molecule has 0 saturated carbocycles. The standard InChI is InChI=1S/C19H35N7O8/c1-9(2)6-12(16(31)24-11(18(33)34)4-3-5-23-19(21)22)25-17(32)13(8-27)26-15(30)10(20)7-14(28)29/h9-13,27H,3-8,20H2,1-2H3,(H,24,31)(H,25,32)(H,26,30)(H,28,29)(H,33,34)(H4,21,22,23). The average molecular weight is 490 g/mol. The fourth-order valence-corrected chi connectivity index (χ4v) is 2.76. The van der Waals surface area contributed by atoms with E-state index in [1.165, 1.54) is 0 Å². The monoisotopic (exact) mass is 489 g/mol. The van der Waals surface area contributed by atoms with E-state index < -0.39 is 66.9 Å². The van der Waals surface area contributed by atoms with Gasteiger partial charge in [0.25, 0.3) is 0 Å². The molecule has 0 aromatic carbocycles. The number of aliphatic hydroxyl groups is 1. The Labute approximate surface area is 196 Å². The third-order valence-corrected chi connectivity index (χ3v) is 4.45. The lowest BCUT2D eigenvalue weighted by Gasteiger charge is -2.25. The number of hydrogen-bond acceptors (Lipinski definition) is 8. The number of nitrogens with zero attached hydrogens (tertiary/aromatic N) is 1. The molecule has 0 radical (unpaired) electrons. The van der Waals surface area contributed by atoms with Crippen LogP contribution in [0.2, 0.25) is 0 Å². The zero-order valence-electron chi connectivity index (χ0n) is 19.2. The van der Waals surface area contributed by atoms with Crippen molar-refractivity contribution in [2.24, 2.45) is 28.1 Å². The minimum absolute atomic E-state index is 0.0248. The summed E-state index contributed by atoms with van der Waals surface area (Å²) in [5, 5.41) is 34.4. The third kappa shape index (κ3) is 12.5. The molecule has 0 rings (SSSR count). The molecule has 0 aliphatic heterocycles. The molecular weight excluding hydrogens is 454 g/mol. The van der Waals surface area contributed by atoms with Gasteiger partial charge in [-0.3, -0.25) is 24.2 Å². The van der Waals surface area contributed by atoms with Gasteiger partial charge in [-0.05, 0) is 25.2 Å². The molecule has 12 N–H and O–H groups in total. The van der Waals surface area contributed by atoms with Crippen LogP contribution in [0.1, 0.15) is 39.5 Å². The number of aliphatic hydroxyl groups excluding tert-OH is 1. The lowest BCUT2D eigenvalue weighted by atomic mass is 10.0. The summed E-state index contributed by atoms with van der Waals surface area (Å²) in [6.45, 7) is 2.85. The normalized spacial score (nSPS) is 14.3. The number of guanidine groups is 1. The van der Waals surface area contributed by atoms with Gasteiger partial charge in [-0.15, -0.1) is 0 Å².